The van der Waals surface area contributed by atoms with Crippen LogP contribution in [-0.2, 0) is 6.42 Å². The van der Waals surface area contributed by atoms with Gasteiger partial charge in [0.25, 0.3) is 0 Å². The highest BCUT2D eigenvalue weighted by molar-refractivity contribution is 6.35. The molecule has 1 aliphatic heterocycles. The molecule has 0 amide bonds. The summed E-state index contributed by atoms with van der Waals surface area (Å²) in [5.41, 5.74) is 8.40. The lowest BCUT2D eigenvalue weighted by atomic mass is 10.1. The van der Waals surface area contributed by atoms with E-state index in [-0.39, 0.29) is 12.7 Å². The van der Waals surface area contributed by atoms with Crippen molar-refractivity contribution in [2.24, 2.45) is 0 Å². The van der Waals surface area contributed by atoms with Crippen LogP contribution in [0.5, 0.6) is 11.5 Å². The summed E-state index contributed by atoms with van der Waals surface area (Å²) in [6.07, 6.45) is 0.587. The Labute approximate surface area is 131 Å². The highest BCUT2D eigenvalue weighted by atomic mass is 35.5. The Morgan fingerprint density at radius 3 is 2.86 bits per heavy atom. The second-order valence-corrected chi connectivity index (χ2v) is 5.43. The number of nitrogens with two attached hydrogens (primary N) is 1. The molecule has 3 aromatic rings. The van der Waals surface area contributed by atoms with E-state index < -0.39 is 0 Å². The van der Waals surface area contributed by atoms with Crippen LogP contribution in [0.25, 0.3) is 10.9 Å². The van der Waals surface area contributed by atoms with E-state index in [0.29, 0.717) is 11.4 Å². The maximum absolute atomic E-state index is 6.31. The number of aromatic nitrogens is 2. The molecule has 4 rings (SSSR count). The van der Waals surface area contributed by atoms with Gasteiger partial charge in [-0.3, -0.25) is 0 Å². The lowest BCUT2D eigenvalue weighted by Crippen LogP contribution is -2.02. The number of nitrogen functional groups attached to an aromatic ring is 1. The van der Waals surface area contributed by atoms with Crippen LogP contribution in [-0.4, -0.2) is 16.8 Å². The van der Waals surface area contributed by atoms with Crippen molar-refractivity contribution < 1.29 is 9.47 Å². The van der Waals surface area contributed by atoms with Crippen LogP contribution >= 0.6 is 11.6 Å². The van der Waals surface area contributed by atoms with Gasteiger partial charge >= 0.3 is 0 Å². The van der Waals surface area contributed by atoms with Gasteiger partial charge in [-0.25, -0.2) is 9.97 Å². The molecule has 5 nitrogen and oxygen atoms in total. The highest BCUT2D eigenvalue weighted by Crippen LogP contribution is 2.34. The number of hydrogen-bond donors (Lipinski definition) is 1. The molecule has 1 aromatic heterocycles. The molecule has 0 radical (unpaired) electrons. The molecule has 0 fully saturated rings. The highest BCUT2D eigenvalue weighted by Gasteiger charge is 2.15. The van der Waals surface area contributed by atoms with Gasteiger partial charge in [0, 0.05) is 11.8 Å². The molecule has 0 unspecified atom stereocenters. The van der Waals surface area contributed by atoms with E-state index in [1.807, 2.05) is 36.4 Å². The van der Waals surface area contributed by atoms with Crippen molar-refractivity contribution in [3.05, 3.63) is 52.7 Å². The third-order valence-electron chi connectivity index (χ3n) is 3.57. The van der Waals surface area contributed by atoms with Gasteiger partial charge in [0.1, 0.15) is 0 Å². The molecule has 2 N–H and O–H groups in total. The number of rotatable bonds is 2. The third-order valence-corrected chi connectivity index (χ3v) is 3.89. The van der Waals surface area contributed by atoms with E-state index in [1.165, 1.54) is 0 Å². The quantitative estimate of drug-likeness (QED) is 0.786. The van der Waals surface area contributed by atoms with Gasteiger partial charge in [0.2, 0.25) is 12.7 Å². The van der Waals surface area contributed by atoms with Gasteiger partial charge in [-0.1, -0.05) is 23.7 Å². The van der Waals surface area contributed by atoms with Crippen LogP contribution in [0.3, 0.4) is 0 Å². The molecule has 0 atom stereocenters. The van der Waals surface area contributed by atoms with Crippen LogP contribution < -0.4 is 15.2 Å². The first kappa shape index (κ1) is 13.2. The predicted octanol–water partition coefficient (Wildman–Crippen LogP) is 3.18. The standard InChI is InChI=1S/C16H12ClN3O2/c17-10-2-1-3-11-15(10)12(20-16(18)19-11)6-9-4-5-13-14(7-9)22-8-21-13/h1-5,7H,6,8H2,(H2,18,19,20). The fraction of sp³-hybridized carbons (Fsp3) is 0.125. The SMILES string of the molecule is Nc1nc(Cc2ccc3c(c2)OCO3)c2c(Cl)cccc2n1. The average Bonchev–Trinajstić information content (AvgIpc) is 2.94. The molecule has 6 heteroatoms. The van der Waals surface area contributed by atoms with Crippen molar-refractivity contribution in [1.29, 1.82) is 0 Å². The zero-order valence-electron chi connectivity index (χ0n) is 11.5. The molecule has 0 saturated heterocycles. The minimum Gasteiger partial charge on any atom is -0.454 e. The Hall–Kier alpha value is -2.53. The van der Waals surface area contributed by atoms with E-state index in [9.17, 15) is 0 Å². The average molecular weight is 314 g/mol. The van der Waals surface area contributed by atoms with Crippen LogP contribution in [0.2, 0.25) is 5.02 Å². The molecule has 2 heterocycles. The molecule has 0 bridgehead atoms. The molecule has 0 aliphatic carbocycles. The molecule has 22 heavy (non-hydrogen) atoms. The Morgan fingerprint density at radius 1 is 1.09 bits per heavy atom. The molecule has 2 aromatic carbocycles. The first-order valence-corrected chi connectivity index (χ1v) is 7.17. The number of halogens is 1. The Balaban J connectivity index is 1.81. The van der Waals surface area contributed by atoms with Crippen LogP contribution in [0.15, 0.2) is 36.4 Å². The zero-order chi connectivity index (χ0) is 15.1. The predicted molar refractivity (Wildman–Crippen MR) is 84.3 cm³/mol. The first-order valence-electron chi connectivity index (χ1n) is 6.80. The minimum absolute atomic E-state index is 0.241. The Kier molecular flexibility index (Phi) is 3.01. The summed E-state index contributed by atoms with van der Waals surface area (Å²) < 4.78 is 10.7. The minimum atomic E-state index is 0.241. The van der Waals surface area contributed by atoms with E-state index in [2.05, 4.69) is 9.97 Å². The summed E-state index contributed by atoms with van der Waals surface area (Å²) in [5.74, 6) is 1.74. The summed E-state index contributed by atoms with van der Waals surface area (Å²) in [5, 5.41) is 1.45. The van der Waals surface area contributed by atoms with Gasteiger partial charge in [0.05, 0.1) is 16.2 Å². The maximum atomic E-state index is 6.31. The molecular formula is C16H12ClN3O2. The molecule has 0 saturated carbocycles. The smallest absolute Gasteiger partial charge is 0.231 e. The van der Waals surface area contributed by atoms with E-state index >= 15 is 0 Å². The lowest BCUT2D eigenvalue weighted by molar-refractivity contribution is 0.174. The summed E-state index contributed by atoms with van der Waals surface area (Å²) in [7, 11) is 0. The summed E-state index contributed by atoms with van der Waals surface area (Å²) in [6, 6.07) is 11.4. The molecular weight excluding hydrogens is 302 g/mol. The lowest BCUT2D eigenvalue weighted by Gasteiger charge is -2.09. The van der Waals surface area contributed by atoms with E-state index in [0.717, 1.165) is 33.7 Å². The first-order chi connectivity index (χ1) is 10.7. The summed E-state index contributed by atoms with van der Waals surface area (Å²) >= 11 is 6.31. The topological polar surface area (TPSA) is 70.3 Å². The van der Waals surface area contributed by atoms with Crippen molar-refractivity contribution in [3.63, 3.8) is 0 Å². The molecule has 110 valence electrons. The Morgan fingerprint density at radius 2 is 1.95 bits per heavy atom. The fourth-order valence-corrected chi connectivity index (χ4v) is 2.88. The van der Waals surface area contributed by atoms with Crippen molar-refractivity contribution >= 4 is 28.5 Å². The van der Waals surface area contributed by atoms with Crippen LogP contribution in [0.4, 0.5) is 5.95 Å². The summed E-state index contributed by atoms with van der Waals surface area (Å²) in [6.45, 7) is 0.258. The van der Waals surface area contributed by atoms with E-state index in [4.69, 9.17) is 26.8 Å². The van der Waals surface area contributed by atoms with Crippen molar-refractivity contribution in [1.82, 2.24) is 9.97 Å². The van der Waals surface area contributed by atoms with Gasteiger partial charge in [-0.2, -0.15) is 0 Å². The number of anilines is 1. The molecule has 0 spiro atoms. The van der Waals surface area contributed by atoms with Crippen molar-refractivity contribution in [3.8, 4) is 11.5 Å². The van der Waals surface area contributed by atoms with Crippen LogP contribution in [0, 0.1) is 0 Å². The largest absolute Gasteiger partial charge is 0.454 e. The third kappa shape index (κ3) is 2.19. The molecule has 1 aliphatic rings. The van der Waals surface area contributed by atoms with E-state index in [1.54, 1.807) is 0 Å². The number of nitrogens with zero attached hydrogens (tertiary/aromatic N) is 2. The monoisotopic (exact) mass is 313 g/mol. The number of ether oxygens (including phenoxy) is 2. The van der Waals surface area contributed by atoms with Crippen LogP contribution in [0.1, 0.15) is 11.3 Å². The maximum Gasteiger partial charge on any atom is 0.231 e. The van der Waals surface area contributed by atoms with Gasteiger partial charge in [-0.15, -0.1) is 0 Å². The Bertz CT molecular complexity index is 883. The fourth-order valence-electron chi connectivity index (χ4n) is 2.61. The number of benzene rings is 2. The van der Waals surface area contributed by atoms with Crippen molar-refractivity contribution in [2.45, 2.75) is 6.42 Å². The van der Waals surface area contributed by atoms with Crippen molar-refractivity contribution in [2.75, 3.05) is 12.5 Å². The second-order valence-electron chi connectivity index (χ2n) is 5.03. The van der Waals surface area contributed by atoms with Gasteiger partial charge in [0.15, 0.2) is 11.5 Å². The van der Waals surface area contributed by atoms with Gasteiger partial charge in [-0.05, 0) is 29.8 Å². The zero-order valence-corrected chi connectivity index (χ0v) is 12.3. The normalized spacial score (nSPS) is 12.8. The second kappa shape index (κ2) is 5.03. The van der Waals surface area contributed by atoms with Gasteiger partial charge < -0.3 is 15.2 Å². The number of fused-ring (bicyclic) bond motifs is 2. The number of hydrogen-bond acceptors (Lipinski definition) is 5. The summed E-state index contributed by atoms with van der Waals surface area (Å²) in [4.78, 5) is 8.60.